The Balaban J connectivity index is 3.52. The number of hydrogen-bond acceptors (Lipinski definition) is 3. The quantitative estimate of drug-likeness (QED) is 0.204. The molecule has 0 aliphatic rings. The maximum atomic E-state index is 10.6. The number of aliphatic carboxylic acids is 1. The average molecular weight is 323 g/mol. The van der Waals surface area contributed by atoms with Gasteiger partial charge in [0.2, 0.25) is 5.70 Å². The second-order valence-electron chi connectivity index (χ2n) is 5.42. The van der Waals surface area contributed by atoms with Gasteiger partial charge >= 0.3 is 5.97 Å². The summed E-state index contributed by atoms with van der Waals surface area (Å²) in [6.45, 7) is 1.78. The molecule has 0 unspecified atom stereocenters. The Bertz CT molecular complexity index is 425. The Morgan fingerprint density at radius 2 is 1.61 bits per heavy atom. The zero-order chi connectivity index (χ0) is 17.3. The van der Waals surface area contributed by atoms with Crippen molar-refractivity contribution >= 4 is 5.97 Å². The molecule has 0 aromatic heterocycles. The fourth-order valence-corrected chi connectivity index (χ4v) is 2.11. The molecule has 5 heteroatoms. The van der Waals surface area contributed by atoms with E-state index in [9.17, 15) is 14.9 Å². The number of rotatable bonds is 14. The second-order valence-corrected chi connectivity index (χ2v) is 5.42. The summed E-state index contributed by atoms with van der Waals surface area (Å²) in [4.78, 5) is 20.6. The molecule has 0 aliphatic heterocycles. The van der Waals surface area contributed by atoms with Crippen LogP contribution in [0.3, 0.4) is 0 Å². The molecular formula is C18H29NO4. The van der Waals surface area contributed by atoms with E-state index < -0.39 is 5.97 Å². The highest BCUT2D eigenvalue weighted by Crippen LogP contribution is 2.08. The monoisotopic (exact) mass is 323 g/mol. The maximum absolute atomic E-state index is 10.6. The van der Waals surface area contributed by atoms with Gasteiger partial charge in [-0.1, -0.05) is 50.5 Å². The van der Waals surface area contributed by atoms with E-state index in [-0.39, 0.29) is 17.0 Å². The molecule has 0 spiro atoms. The molecule has 0 aromatic rings. The second kappa shape index (κ2) is 15.0. The minimum atomic E-state index is -0.708. The molecule has 23 heavy (non-hydrogen) atoms. The number of hydrogen-bond donors (Lipinski definition) is 1. The van der Waals surface area contributed by atoms with Crippen molar-refractivity contribution in [1.29, 1.82) is 0 Å². The van der Waals surface area contributed by atoms with Crippen molar-refractivity contribution in [1.82, 2.24) is 0 Å². The average Bonchev–Trinajstić information content (AvgIpc) is 2.50. The molecule has 0 rings (SSSR count). The van der Waals surface area contributed by atoms with Crippen LogP contribution in [0.4, 0.5) is 0 Å². The number of nitrogens with zero attached hydrogens (tertiary/aromatic N) is 1. The summed E-state index contributed by atoms with van der Waals surface area (Å²) in [5.74, 6) is -0.708. The number of carboxylic acids is 1. The van der Waals surface area contributed by atoms with Crippen LogP contribution in [-0.2, 0) is 4.79 Å². The van der Waals surface area contributed by atoms with Crippen LogP contribution >= 0.6 is 0 Å². The van der Waals surface area contributed by atoms with E-state index in [1.807, 2.05) is 12.2 Å². The number of nitro groups is 1. The molecule has 1 N–H and O–H groups in total. The highest BCUT2D eigenvalue weighted by atomic mass is 16.6. The molecule has 0 saturated carbocycles. The normalized spacial score (nSPS) is 12.3. The third kappa shape index (κ3) is 14.8. The van der Waals surface area contributed by atoms with Crippen molar-refractivity contribution in [3.63, 3.8) is 0 Å². The van der Waals surface area contributed by atoms with Gasteiger partial charge in [-0.3, -0.25) is 14.9 Å². The molecule has 0 amide bonds. The van der Waals surface area contributed by atoms with Crippen molar-refractivity contribution in [3.05, 3.63) is 46.2 Å². The molecule has 0 radical (unpaired) electrons. The summed E-state index contributed by atoms with van der Waals surface area (Å²) in [7, 11) is 0. The van der Waals surface area contributed by atoms with Gasteiger partial charge in [0, 0.05) is 12.8 Å². The van der Waals surface area contributed by atoms with Crippen molar-refractivity contribution in [2.75, 3.05) is 0 Å². The Morgan fingerprint density at radius 1 is 1.00 bits per heavy atom. The first-order chi connectivity index (χ1) is 11.1. The van der Waals surface area contributed by atoms with Crippen LogP contribution in [0.5, 0.6) is 0 Å². The topological polar surface area (TPSA) is 80.4 Å². The van der Waals surface area contributed by atoms with Gasteiger partial charge in [-0.05, 0) is 38.2 Å². The van der Waals surface area contributed by atoms with Crippen LogP contribution in [0.2, 0.25) is 0 Å². The van der Waals surface area contributed by atoms with Gasteiger partial charge in [-0.2, -0.15) is 0 Å². The maximum Gasteiger partial charge on any atom is 0.303 e. The molecule has 0 atom stereocenters. The standard InChI is InChI=1S/C18H29NO4/c1-2-17(19(22)23)15-13-11-9-7-5-3-4-6-8-10-12-14-16-18(20)21/h3,5,9,11,15H,2,4,6-8,10,12-14,16H2,1H3,(H,20,21)/b5-3+,11-9-,17-15+. The van der Waals surface area contributed by atoms with Gasteiger partial charge < -0.3 is 5.11 Å². The van der Waals surface area contributed by atoms with Gasteiger partial charge in [-0.15, -0.1) is 0 Å². The molecule has 5 nitrogen and oxygen atoms in total. The smallest absolute Gasteiger partial charge is 0.303 e. The minimum absolute atomic E-state index is 0.272. The highest BCUT2D eigenvalue weighted by Gasteiger charge is 2.04. The predicted molar refractivity (Wildman–Crippen MR) is 92.8 cm³/mol. The van der Waals surface area contributed by atoms with Gasteiger partial charge in [0.25, 0.3) is 0 Å². The Morgan fingerprint density at radius 3 is 2.26 bits per heavy atom. The molecule has 0 aromatic carbocycles. The van der Waals surface area contributed by atoms with E-state index in [4.69, 9.17) is 5.11 Å². The molecule has 0 aliphatic carbocycles. The van der Waals surface area contributed by atoms with Gasteiger partial charge in [0.15, 0.2) is 0 Å². The van der Waals surface area contributed by atoms with E-state index in [2.05, 4.69) is 12.2 Å². The lowest BCUT2D eigenvalue weighted by atomic mass is 10.1. The van der Waals surface area contributed by atoms with Crippen LogP contribution < -0.4 is 0 Å². The minimum Gasteiger partial charge on any atom is -0.481 e. The van der Waals surface area contributed by atoms with Crippen molar-refractivity contribution in [2.24, 2.45) is 0 Å². The molecule has 130 valence electrons. The van der Waals surface area contributed by atoms with Crippen LogP contribution in [0.25, 0.3) is 0 Å². The lowest BCUT2D eigenvalue weighted by Gasteiger charge is -1.98. The fourth-order valence-electron chi connectivity index (χ4n) is 2.11. The third-order valence-electron chi connectivity index (χ3n) is 3.45. The highest BCUT2D eigenvalue weighted by molar-refractivity contribution is 5.66. The van der Waals surface area contributed by atoms with Crippen molar-refractivity contribution in [2.45, 2.75) is 71.1 Å². The summed E-state index contributed by atoms with van der Waals surface area (Å²) in [6.07, 6.45) is 18.3. The lowest BCUT2D eigenvalue weighted by molar-refractivity contribution is -0.427. The largest absolute Gasteiger partial charge is 0.481 e. The van der Waals surface area contributed by atoms with E-state index in [0.717, 1.165) is 44.9 Å². The molecule has 0 saturated heterocycles. The van der Waals surface area contributed by atoms with Crippen LogP contribution in [-0.4, -0.2) is 16.0 Å². The summed E-state index contributed by atoms with van der Waals surface area (Å²) in [6, 6.07) is 0. The molecular weight excluding hydrogens is 294 g/mol. The zero-order valence-electron chi connectivity index (χ0n) is 14.1. The zero-order valence-corrected chi connectivity index (χ0v) is 14.1. The van der Waals surface area contributed by atoms with E-state index in [1.165, 1.54) is 0 Å². The number of carboxylic acid groups (broad SMARTS) is 1. The van der Waals surface area contributed by atoms with Gasteiger partial charge in [0.1, 0.15) is 0 Å². The number of carbonyl (C=O) groups is 1. The Labute approximate surface area is 138 Å². The van der Waals surface area contributed by atoms with E-state index in [1.54, 1.807) is 13.0 Å². The summed E-state index contributed by atoms with van der Waals surface area (Å²) in [5.41, 5.74) is 0.272. The van der Waals surface area contributed by atoms with E-state index >= 15 is 0 Å². The van der Waals surface area contributed by atoms with Crippen LogP contribution in [0, 0.1) is 10.1 Å². The van der Waals surface area contributed by atoms with Crippen LogP contribution in [0.15, 0.2) is 36.1 Å². The van der Waals surface area contributed by atoms with Crippen molar-refractivity contribution in [3.8, 4) is 0 Å². The third-order valence-corrected chi connectivity index (χ3v) is 3.45. The number of unbranched alkanes of at least 4 members (excludes halogenated alkanes) is 5. The predicted octanol–water partition coefficient (Wildman–Crippen LogP) is 5.26. The lowest BCUT2D eigenvalue weighted by Crippen LogP contribution is -1.96. The fraction of sp³-hybridized carbons (Fsp3) is 0.611. The first-order valence-corrected chi connectivity index (χ1v) is 8.43. The van der Waals surface area contributed by atoms with Crippen LogP contribution in [0.1, 0.15) is 71.1 Å². The molecule has 0 fully saturated rings. The van der Waals surface area contributed by atoms with Gasteiger partial charge in [0.05, 0.1) is 4.92 Å². The van der Waals surface area contributed by atoms with Crippen molar-refractivity contribution < 1.29 is 14.8 Å². The summed E-state index contributed by atoms with van der Waals surface area (Å²) in [5, 5.41) is 19.1. The van der Waals surface area contributed by atoms with E-state index in [0.29, 0.717) is 12.8 Å². The molecule has 0 heterocycles. The summed E-state index contributed by atoms with van der Waals surface area (Å²) >= 11 is 0. The Hall–Kier alpha value is -1.91. The first kappa shape index (κ1) is 21.1. The first-order valence-electron chi connectivity index (χ1n) is 8.43. The molecule has 0 bridgehead atoms. The SMILES string of the molecule is CC/C(=C\C/C=C\C/C=C/CCCCCCCC(=O)O)[N+](=O)[O-]. The van der Waals surface area contributed by atoms with Gasteiger partial charge in [-0.25, -0.2) is 0 Å². The summed E-state index contributed by atoms with van der Waals surface area (Å²) < 4.78 is 0. The Kier molecular flexibility index (Phi) is 13.8. The number of allylic oxidation sites excluding steroid dienone is 6.